The minimum Gasteiger partial charge on any atom is -0.495 e. The number of ether oxygens (including phenoxy) is 2. The monoisotopic (exact) mass is 826 g/mol. The van der Waals surface area contributed by atoms with E-state index in [9.17, 15) is 24.0 Å². The fourth-order valence-corrected chi connectivity index (χ4v) is 8.94. The van der Waals surface area contributed by atoms with E-state index in [1.807, 2.05) is 25.1 Å². The summed E-state index contributed by atoms with van der Waals surface area (Å²) in [5.74, 6) is -2.20. The van der Waals surface area contributed by atoms with Crippen LogP contribution in [0.3, 0.4) is 0 Å². The highest BCUT2D eigenvalue weighted by Gasteiger charge is 2.45. The predicted molar refractivity (Wildman–Crippen MR) is 219 cm³/mol. The summed E-state index contributed by atoms with van der Waals surface area (Å²) in [6.45, 7) is 8.29. The Morgan fingerprint density at radius 3 is 2.32 bits per heavy atom. The van der Waals surface area contributed by atoms with Crippen molar-refractivity contribution in [2.24, 2.45) is 5.73 Å². The Morgan fingerprint density at radius 1 is 0.933 bits per heavy atom. The van der Waals surface area contributed by atoms with Crippen LogP contribution >= 0.6 is 0 Å². The van der Waals surface area contributed by atoms with Crippen molar-refractivity contribution in [3.8, 4) is 5.75 Å². The minimum absolute atomic E-state index is 0.0143. The van der Waals surface area contributed by atoms with Gasteiger partial charge in [0.2, 0.25) is 11.8 Å². The van der Waals surface area contributed by atoms with Gasteiger partial charge in [0.15, 0.2) is 17.3 Å². The lowest BCUT2D eigenvalue weighted by atomic mass is 10.0. The molecule has 0 spiro atoms. The molecule has 1 aromatic heterocycles. The molecule has 17 nitrogen and oxygen atoms in total. The molecular weight excluding hydrogens is 776 g/mol. The van der Waals surface area contributed by atoms with E-state index in [1.165, 1.54) is 6.07 Å². The molecule has 5 aliphatic heterocycles. The molecule has 3 aromatic rings. The van der Waals surface area contributed by atoms with E-state index in [0.29, 0.717) is 67.3 Å². The number of rotatable bonds is 12. The van der Waals surface area contributed by atoms with E-state index in [1.54, 1.807) is 7.11 Å². The van der Waals surface area contributed by atoms with E-state index in [0.717, 1.165) is 68.5 Å². The fourth-order valence-electron chi connectivity index (χ4n) is 8.94. The zero-order valence-electron chi connectivity index (χ0n) is 33.9. The van der Waals surface area contributed by atoms with E-state index in [-0.39, 0.29) is 48.1 Å². The normalized spacial score (nSPS) is 20.9. The SMILES string of the molecule is CCc1nc(C(N)=O)c(Nc2ccc(N3CCC(N4CCN(Cc5cc6c(cc5F)C(=O)N(C5CCC(=O)NC5=O)C6=O)CC4)CC3)c(OC)c2)nc1NC1CCOCC1. The number of carbonyl (C=O) groups is 5. The second kappa shape index (κ2) is 17.5. The lowest BCUT2D eigenvalue weighted by Crippen LogP contribution is -2.54. The maximum atomic E-state index is 15.4. The number of fused-ring (bicyclic) bond motifs is 1. The first-order valence-electron chi connectivity index (χ1n) is 20.8. The molecule has 318 valence electrons. The number of aromatic nitrogens is 2. The number of carbonyl (C=O) groups excluding carboxylic acids is 5. The number of primary amides is 1. The molecule has 5 aliphatic rings. The number of piperazine rings is 1. The molecule has 4 fully saturated rings. The summed E-state index contributed by atoms with van der Waals surface area (Å²) in [5, 5.41) is 8.95. The van der Waals surface area contributed by atoms with Gasteiger partial charge in [-0.05, 0) is 62.8 Å². The highest BCUT2D eigenvalue weighted by Crippen LogP contribution is 2.36. The van der Waals surface area contributed by atoms with Gasteiger partial charge in [-0.3, -0.25) is 44.0 Å². The maximum absolute atomic E-state index is 15.4. The molecule has 1 atom stereocenters. The number of piperidine rings is 2. The van der Waals surface area contributed by atoms with E-state index in [2.05, 4.69) is 35.6 Å². The molecule has 2 aromatic carbocycles. The van der Waals surface area contributed by atoms with Gasteiger partial charge in [0.05, 0.1) is 29.6 Å². The zero-order chi connectivity index (χ0) is 42.1. The smallest absolute Gasteiger partial charge is 0.271 e. The molecule has 1 unspecified atom stereocenters. The molecule has 6 heterocycles. The van der Waals surface area contributed by atoms with Gasteiger partial charge in [0.1, 0.15) is 17.6 Å². The first kappa shape index (κ1) is 41.0. The van der Waals surface area contributed by atoms with Gasteiger partial charge in [0.25, 0.3) is 17.7 Å². The predicted octanol–water partition coefficient (Wildman–Crippen LogP) is 2.81. The topological polar surface area (TPSA) is 205 Å². The standard InChI is InChI=1S/C42H51FN10O7/c1-3-31-38(45-25-10-18-60-19-11-25)49-39(36(47-31)37(44)55)46-26-4-5-32(34(21-26)59-2)52-12-8-27(9-13-52)51-16-14-50(15-17-51)23-24-20-28-29(22-30(24)43)42(58)53(41(28)57)33-6-7-35(54)48-40(33)56/h4-5,20-22,25,27,33H,3,6-19,23H2,1-2H3,(H2,44,55)(H2,45,46,49)(H,48,54,56). The number of benzene rings is 2. The van der Waals surface area contributed by atoms with Gasteiger partial charge in [0, 0.05) is 94.8 Å². The van der Waals surface area contributed by atoms with Gasteiger partial charge < -0.3 is 30.7 Å². The lowest BCUT2D eigenvalue weighted by Gasteiger charge is -2.43. The Kier molecular flexibility index (Phi) is 12.0. The van der Waals surface area contributed by atoms with Gasteiger partial charge >= 0.3 is 0 Å². The van der Waals surface area contributed by atoms with E-state index in [4.69, 9.17) is 20.2 Å². The third kappa shape index (κ3) is 8.35. The highest BCUT2D eigenvalue weighted by atomic mass is 19.1. The third-order valence-electron chi connectivity index (χ3n) is 12.3. The van der Waals surface area contributed by atoms with Crippen LogP contribution in [0.1, 0.15) is 87.9 Å². The Hall–Kier alpha value is -5.72. The van der Waals surface area contributed by atoms with Crippen molar-refractivity contribution in [3.63, 3.8) is 0 Å². The number of aryl methyl sites for hydroxylation is 1. The number of amides is 5. The van der Waals surface area contributed by atoms with E-state index < -0.39 is 41.4 Å². The van der Waals surface area contributed by atoms with Crippen LogP contribution in [0.15, 0.2) is 30.3 Å². The fraction of sp³-hybridized carbons (Fsp3) is 0.500. The van der Waals surface area contributed by atoms with Crippen LogP contribution in [-0.4, -0.2) is 132 Å². The number of nitrogens with one attached hydrogen (secondary N) is 3. The molecule has 0 saturated carbocycles. The molecule has 4 saturated heterocycles. The van der Waals surface area contributed by atoms with Crippen molar-refractivity contribution in [3.05, 3.63) is 64.2 Å². The summed E-state index contributed by atoms with van der Waals surface area (Å²) >= 11 is 0. The van der Waals surface area contributed by atoms with Crippen molar-refractivity contribution in [2.75, 3.05) is 75.1 Å². The molecule has 18 heteroatoms. The highest BCUT2D eigenvalue weighted by molar-refractivity contribution is 6.23. The third-order valence-corrected chi connectivity index (χ3v) is 12.3. The number of halogens is 1. The Bertz CT molecular complexity index is 2180. The van der Waals surface area contributed by atoms with Gasteiger partial charge in [-0.1, -0.05) is 6.92 Å². The number of methoxy groups -OCH3 is 1. The summed E-state index contributed by atoms with van der Waals surface area (Å²) in [6, 6.07) is 7.84. The summed E-state index contributed by atoms with van der Waals surface area (Å²) < 4.78 is 26.8. The number of hydrogen-bond acceptors (Lipinski definition) is 14. The van der Waals surface area contributed by atoms with Crippen molar-refractivity contribution < 1.29 is 37.8 Å². The number of imide groups is 2. The summed E-state index contributed by atoms with van der Waals surface area (Å²) in [4.78, 5) is 80.2. The quantitative estimate of drug-likeness (QED) is 0.194. The zero-order valence-corrected chi connectivity index (χ0v) is 33.9. The van der Waals surface area contributed by atoms with Crippen molar-refractivity contribution in [1.82, 2.24) is 30.0 Å². The van der Waals surface area contributed by atoms with Crippen LogP contribution in [0, 0.1) is 5.82 Å². The second-order valence-electron chi connectivity index (χ2n) is 15.9. The average Bonchev–Trinajstić information content (AvgIpc) is 3.48. The van der Waals surface area contributed by atoms with Crippen LogP contribution in [0.4, 0.5) is 27.4 Å². The lowest BCUT2D eigenvalue weighted by molar-refractivity contribution is -0.136. The van der Waals surface area contributed by atoms with Crippen LogP contribution in [0.5, 0.6) is 5.75 Å². The molecule has 5 N–H and O–H groups in total. The maximum Gasteiger partial charge on any atom is 0.271 e. The summed E-state index contributed by atoms with van der Waals surface area (Å²) in [6.07, 6.45) is 4.24. The van der Waals surface area contributed by atoms with Crippen molar-refractivity contribution in [2.45, 2.75) is 76.5 Å². The number of nitrogens with zero attached hydrogens (tertiary/aromatic N) is 6. The van der Waals surface area contributed by atoms with Crippen molar-refractivity contribution in [1.29, 1.82) is 0 Å². The first-order valence-corrected chi connectivity index (χ1v) is 20.8. The number of hydrogen-bond donors (Lipinski definition) is 4. The second-order valence-corrected chi connectivity index (χ2v) is 15.9. The molecule has 60 heavy (non-hydrogen) atoms. The molecule has 5 amide bonds. The van der Waals surface area contributed by atoms with Crippen LogP contribution < -0.4 is 31.3 Å². The van der Waals surface area contributed by atoms with Gasteiger partial charge in [-0.15, -0.1) is 0 Å². The minimum atomic E-state index is -1.10. The van der Waals surface area contributed by atoms with Crippen LogP contribution in [0.25, 0.3) is 0 Å². The summed E-state index contributed by atoms with van der Waals surface area (Å²) in [5.41, 5.74) is 8.48. The number of anilines is 4. The molecule has 0 aliphatic carbocycles. The van der Waals surface area contributed by atoms with E-state index >= 15 is 4.39 Å². The van der Waals surface area contributed by atoms with Crippen LogP contribution in [0.2, 0.25) is 0 Å². The largest absolute Gasteiger partial charge is 0.495 e. The molecule has 0 bridgehead atoms. The van der Waals surface area contributed by atoms with Gasteiger partial charge in [-0.25, -0.2) is 14.4 Å². The molecular formula is C42H51FN10O7. The van der Waals surface area contributed by atoms with Crippen LogP contribution in [-0.2, 0) is 27.3 Å². The molecule has 0 radical (unpaired) electrons. The number of nitrogens with two attached hydrogens (primary N) is 1. The Balaban J connectivity index is 0.860. The first-order chi connectivity index (χ1) is 29.0. The van der Waals surface area contributed by atoms with Gasteiger partial charge in [-0.2, -0.15) is 0 Å². The average molecular weight is 827 g/mol. The van der Waals surface area contributed by atoms with Crippen molar-refractivity contribution >= 4 is 52.5 Å². The molecule has 8 rings (SSSR count). The summed E-state index contributed by atoms with van der Waals surface area (Å²) in [7, 11) is 1.64. The Morgan fingerprint density at radius 2 is 1.65 bits per heavy atom. The Labute approximate surface area is 347 Å².